The van der Waals surface area contributed by atoms with Crippen molar-refractivity contribution in [1.82, 2.24) is 20.1 Å². The first-order chi connectivity index (χ1) is 11.2. The summed E-state index contributed by atoms with van der Waals surface area (Å²) in [4.78, 5) is 16.4. The molecule has 1 aromatic heterocycles. The van der Waals surface area contributed by atoms with E-state index < -0.39 is 6.10 Å². The standard InChI is InChI=1S/C17H22N4O2/c22-16(13-5-1-2-6-13)9-19-17(23)15-8-4-3-7-14(15)10-21-12-18-11-20-21/h3-4,7-8,11-13,16,22H,1-2,5-6,9-10H2,(H,19,23)/t16-/m1/s1. The molecule has 0 saturated heterocycles. The normalized spacial score (nSPS) is 16.4. The van der Waals surface area contributed by atoms with E-state index in [1.54, 1.807) is 17.1 Å². The topological polar surface area (TPSA) is 80.0 Å². The van der Waals surface area contributed by atoms with Crippen molar-refractivity contribution in [1.29, 1.82) is 0 Å². The number of aliphatic hydroxyl groups excluding tert-OH is 1. The van der Waals surface area contributed by atoms with E-state index in [9.17, 15) is 9.90 Å². The summed E-state index contributed by atoms with van der Waals surface area (Å²) < 4.78 is 1.68. The first kappa shape index (κ1) is 15.7. The number of aliphatic hydroxyl groups is 1. The van der Waals surface area contributed by atoms with Crippen LogP contribution in [0.15, 0.2) is 36.9 Å². The Hall–Kier alpha value is -2.21. The molecule has 6 heteroatoms. The molecule has 1 aliphatic rings. The Morgan fingerprint density at radius 2 is 2.13 bits per heavy atom. The number of carbonyl (C=O) groups excluding carboxylic acids is 1. The molecule has 1 saturated carbocycles. The van der Waals surface area contributed by atoms with Crippen molar-refractivity contribution >= 4 is 5.91 Å². The van der Waals surface area contributed by atoms with Crippen LogP contribution in [0, 0.1) is 5.92 Å². The fourth-order valence-electron chi connectivity index (χ4n) is 3.17. The Kier molecular flexibility index (Phi) is 5.02. The maximum absolute atomic E-state index is 12.4. The van der Waals surface area contributed by atoms with Gasteiger partial charge in [-0.3, -0.25) is 4.79 Å². The van der Waals surface area contributed by atoms with Crippen LogP contribution in [0.25, 0.3) is 0 Å². The van der Waals surface area contributed by atoms with Crippen molar-refractivity contribution in [3.05, 3.63) is 48.0 Å². The first-order valence-electron chi connectivity index (χ1n) is 8.10. The predicted octanol–water partition coefficient (Wildman–Crippen LogP) is 1.61. The molecule has 0 aliphatic heterocycles. The molecule has 1 amide bonds. The summed E-state index contributed by atoms with van der Waals surface area (Å²) in [6, 6.07) is 7.44. The van der Waals surface area contributed by atoms with Crippen LogP contribution in [-0.2, 0) is 6.54 Å². The third kappa shape index (κ3) is 3.96. The van der Waals surface area contributed by atoms with Gasteiger partial charge in [-0.05, 0) is 30.4 Å². The molecule has 0 bridgehead atoms. The van der Waals surface area contributed by atoms with Crippen molar-refractivity contribution in [2.24, 2.45) is 5.92 Å². The molecule has 1 aliphatic carbocycles. The zero-order valence-corrected chi connectivity index (χ0v) is 13.1. The molecule has 0 spiro atoms. The van der Waals surface area contributed by atoms with Crippen LogP contribution in [0.2, 0.25) is 0 Å². The molecule has 2 N–H and O–H groups in total. The van der Waals surface area contributed by atoms with Crippen molar-refractivity contribution in [2.45, 2.75) is 38.3 Å². The average molecular weight is 314 g/mol. The quantitative estimate of drug-likeness (QED) is 0.849. The van der Waals surface area contributed by atoms with E-state index >= 15 is 0 Å². The van der Waals surface area contributed by atoms with E-state index in [-0.39, 0.29) is 5.91 Å². The van der Waals surface area contributed by atoms with Crippen LogP contribution in [0.5, 0.6) is 0 Å². The van der Waals surface area contributed by atoms with Gasteiger partial charge in [0.1, 0.15) is 12.7 Å². The summed E-state index contributed by atoms with van der Waals surface area (Å²) in [5.74, 6) is 0.165. The Morgan fingerprint density at radius 1 is 1.35 bits per heavy atom. The Bertz CT molecular complexity index is 636. The lowest BCUT2D eigenvalue weighted by Gasteiger charge is -2.18. The van der Waals surface area contributed by atoms with Crippen LogP contribution in [-0.4, -0.2) is 38.4 Å². The Labute approximate surface area is 135 Å². The number of aromatic nitrogens is 3. The molecule has 6 nitrogen and oxygen atoms in total. The smallest absolute Gasteiger partial charge is 0.251 e. The van der Waals surface area contributed by atoms with Crippen LogP contribution < -0.4 is 5.32 Å². The average Bonchev–Trinajstić information content (AvgIpc) is 3.26. The van der Waals surface area contributed by atoms with Crippen molar-refractivity contribution < 1.29 is 9.90 Å². The zero-order chi connectivity index (χ0) is 16.1. The van der Waals surface area contributed by atoms with Crippen LogP contribution >= 0.6 is 0 Å². The maximum atomic E-state index is 12.4. The number of benzene rings is 1. The van der Waals surface area contributed by atoms with Gasteiger partial charge in [-0.15, -0.1) is 0 Å². The largest absolute Gasteiger partial charge is 0.391 e. The summed E-state index contributed by atoms with van der Waals surface area (Å²) in [6.45, 7) is 0.802. The minimum absolute atomic E-state index is 0.155. The molecule has 1 heterocycles. The number of rotatable bonds is 6. The van der Waals surface area contributed by atoms with E-state index in [0.29, 0.717) is 24.6 Å². The highest BCUT2D eigenvalue weighted by atomic mass is 16.3. The molecule has 3 rings (SSSR count). The summed E-state index contributed by atoms with van der Waals surface area (Å²) >= 11 is 0. The third-order valence-corrected chi connectivity index (χ3v) is 4.48. The van der Waals surface area contributed by atoms with E-state index in [1.807, 2.05) is 18.2 Å². The molecule has 1 atom stereocenters. The van der Waals surface area contributed by atoms with Crippen molar-refractivity contribution in [2.75, 3.05) is 6.54 Å². The van der Waals surface area contributed by atoms with Gasteiger partial charge < -0.3 is 10.4 Å². The molecule has 0 unspecified atom stereocenters. The fraction of sp³-hybridized carbons (Fsp3) is 0.471. The molecule has 23 heavy (non-hydrogen) atoms. The van der Waals surface area contributed by atoms with Crippen molar-refractivity contribution in [3.63, 3.8) is 0 Å². The summed E-state index contributed by atoms with van der Waals surface area (Å²) in [7, 11) is 0. The van der Waals surface area contributed by atoms with Crippen LogP contribution in [0.1, 0.15) is 41.6 Å². The van der Waals surface area contributed by atoms with Gasteiger partial charge in [-0.2, -0.15) is 5.10 Å². The number of hydrogen-bond acceptors (Lipinski definition) is 4. The highest BCUT2D eigenvalue weighted by Crippen LogP contribution is 2.27. The third-order valence-electron chi connectivity index (χ3n) is 4.48. The maximum Gasteiger partial charge on any atom is 0.251 e. The second-order valence-corrected chi connectivity index (χ2v) is 6.07. The molecule has 0 radical (unpaired) electrons. The van der Waals surface area contributed by atoms with Gasteiger partial charge in [-0.1, -0.05) is 31.0 Å². The highest BCUT2D eigenvalue weighted by Gasteiger charge is 2.23. The minimum atomic E-state index is -0.455. The first-order valence-corrected chi connectivity index (χ1v) is 8.10. The fourth-order valence-corrected chi connectivity index (χ4v) is 3.17. The van der Waals surface area contributed by atoms with Gasteiger partial charge in [-0.25, -0.2) is 9.67 Å². The molecule has 2 aromatic rings. The predicted molar refractivity (Wildman–Crippen MR) is 85.9 cm³/mol. The molecule has 1 fully saturated rings. The minimum Gasteiger partial charge on any atom is -0.391 e. The number of carbonyl (C=O) groups is 1. The second-order valence-electron chi connectivity index (χ2n) is 6.07. The van der Waals surface area contributed by atoms with Gasteiger partial charge in [0.15, 0.2) is 0 Å². The SMILES string of the molecule is O=C(NC[C@@H](O)C1CCCC1)c1ccccc1Cn1cncn1. The lowest BCUT2D eigenvalue weighted by molar-refractivity contribution is 0.0839. The van der Waals surface area contributed by atoms with Crippen LogP contribution in [0.4, 0.5) is 0 Å². The van der Waals surface area contributed by atoms with E-state index in [1.165, 1.54) is 19.2 Å². The molecule has 122 valence electrons. The van der Waals surface area contributed by atoms with E-state index in [0.717, 1.165) is 18.4 Å². The lowest BCUT2D eigenvalue weighted by atomic mass is 10.0. The van der Waals surface area contributed by atoms with Gasteiger partial charge in [0, 0.05) is 12.1 Å². The lowest BCUT2D eigenvalue weighted by Crippen LogP contribution is -2.36. The summed E-state index contributed by atoms with van der Waals surface area (Å²) in [5.41, 5.74) is 1.49. The molecular formula is C17H22N4O2. The molecular weight excluding hydrogens is 292 g/mol. The van der Waals surface area contributed by atoms with E-state index in [2.05, 4.69) is 15.4 Å². The Morgan fingerprint density at radius 3 is 2.87 bits per heavy atom. The van der Waals surface area contributed by atoms with Gasteiger partial charge >= 0.3 is 0 Å². The highest BCUT2D eigenvalue weighted by molar-refractivity contribution is 5.95. The summed E-state index contributed by atoms with van der Waals surface area (Å²) in [6.07, 6.45) is 7.11. The second kappa shape index (κ2) is 7.37. The van der Waals surface area contributed by atoms with Crippen LogP contribution in [0.3, 0.4) is 0 Å². The number of hydrogen-bond donors (Lipinski definition) is 2. The van der Waals surface area contributed by atoms with Gasteiger partial charge in [0.2, 0.25) is 0 Å². The number of nitrogens with zero attached hydrogens (tertiary/aromatic N) is 3. The van der Waals surface area contributed by atoms with Crippen molar-refractivity contribution in [3.8, 4) is 0 Å². The Balaban J connectivity index is 1.62. The van der Waals surface area contributed by atoms with Gasteiger partial charge in [0.05, 0.1) is 12.6 Å². The number of nitrogens with one attached hydrogen (secondary N) is 1. The van der Waals surface area contributed by atoms with E-state index in [4.69, 9.17) is 0 Å². The zero-order valence-electron chi connectivity index (χ0n) is 13.1. The summed E-state index contributed by atoms with van der Waals surface area (Å²) in [5, 5.41) is 17.1. The monoisotopic (exact) mass is 314 g/mol. The number of amides is 1. The van der Waals surface area contributed by atoms with Gasteiger partial charge in [0.25, 0.3) is 5.91 Å². The molecule has 1 aromatic carbocycles.